The molecule has 0 aromatic carbocycles. The summed E-state index contributed by atoms with van der Waals surface area (Å²) in [4.78, 5) is 21.4. The number of morpholine rings is 1. The number of carbonyl (C=O) groups excluding carboxylic acids is 1. The maximum atomic E-state index is 12.5. The molecule has 6 heteroatoms. The molecule has 2 aliphatic heterocycles. The number of hydrogen-bond donors (Lipinski definition) is 1. The molecule has 2 saturated heterocycles. The first-order valence-electron chi connectivity index (χ1n) is 7.69. The van der Waals surface area contributed by atoms with E-state index in [0.717, 1.165) is 63.9 Å². The molecule has 0 aliphatic carbocycles. The summed E-state index contributed by atoms with van der Waals surface area (Å²) < 4.78 is 5.35. The molecule has 2 N–H and O–H groups in total. The molecule has 1 aromatic heterocycles. The van der Waals surface area contributed by atoms with E-state index in [4.69, 9.17) is 4.74 Å². The van der Waals surface area contributed by atoms with Gasteiger partial charge in [0.2, 0.25) is 0 Å². The highest BCUT2D eigenvalue weighted by atomic mass is 16.5. The van der Waals surface area contributed by atoms with E-state index in [1.807, 2.05) is 23.2 Å². The Labute approximate surface area is 125 Å². The first-order chi connectivity index (χ1) is 10.2. The Hall–Kier alpha value is -1.66. The average Bonchev–Trinajstić information content (AvgIpc) is 2.56. The van der Waals surface area contributed by atoms with Crippen molar-refractivity contribution in [2.75, 3.05) is 64.4 Å². The predicted molar refractivity (Wildman–Crippen MR) is 78.6 cm³/mol. The second kappa shape index (κ2) is 6.41. The predicted octanol–water partition coefficient (Wildman–Crippen LogP) is -1.69. The van der Waals surface area contributed by atoms with Crippen molar-refractivity contribution in [3.63, 3.8) is 0 Å². The maximum absolute atomic E-state index is 12.5. The van der Waals surface area contributed by atoms with E-state index in [9.17, 15) is 4.79 Å². The normalized spacial score (nSPS) is 20.6. The molecule has 0 atom stereocenters. The highest BCUT2D eigenvalue weighted by Crippen LogP contribution is 2.11. The number of quaternary nitrogens is 1. The van der Waals surface area contributed by atoms with Crippen LogP contribution >= 0.6 is 0 Å². The third kappa shape index (κ3) is 3.33. The van der Waals surface area contributed by atoms with Gasteiger partial charge in [0.15, 0.2) is 0 Å². The summed E-state index contributed by atoms with van der Waals surface area (Å²) in [6.45, 7) is 7.06. The summed E-state index contributed by atoms with van der Waals surface area (Å²) >= 11 is 0. The summed E-state index contributed by atoms with van der Waals surface area (Å²) in [5.74, 6) is 1.19. The zero-order chi connectivity index (χ0) is 14.7. The molecule has 0 bridgehead atoms. The lowest BCUT2D eigenvalue weighted by atomic mass is 10.2. The minimum absolute atomic E-state index is 0.132. The van der Waals surface area contributed by atoms with Crippen LogP contribution < -0.4 is 14.8 Å². The third-order valence-corrected chi connectivity index (χ3v) is 4.30. The fourth-order valence-electron chi connectivity index (χ4n) is 2.82. The van der Waals surface area contributed by atoms with Crippen molar-refractivity contribution in [2.45, 2.75) is 0 Å². The van der Waals surface area contributed by atoms with Crippen LogP contribution in [0.4, 0.5) is 5.82 Å². The van der Waals surface area contributed by atoms with Gasteiger partial charge in [-0.1, -0.05) is 0 Å². The number of aromatic amines is 1. The lowest BCUT2D eigenvalue weighted by Gasteiger charge is -2.30. The Morgan fingerprint density at radius 1 is 1.19 bits per heavy atom. The van der Waals surface area contributed by atoms with Crippen LogP contribution in [-0.4, -0.2) is 70.3 Å². The Morgan fingerprint density at radius 2 is 1.90 bits per heavy atom. The molecule has 0 spiro atoms. The lowest BCUT2D eigenvalue weighted by Crippen LogP contribution is -3.12. The molecule has 21 heavy (non-hydrogen) atoms. The number of aromatic nitrogens is 1. The number of carbonyl (C=O) groups is 1. The minimum Gasteiger partial charge on any atom is -0.373 e. The van der Waals surface area contributed by atoms with Crippen molar-refractivity contribution >= 4 is 11.7 Å². The number of likely N-dealkylation sites (N-methyl/N-ethyl adjacent to an activating group) is 1. The van der Waals surface area contributed by atoms with Gasteiger partial charge in [0, 0.05) is 6.07 Å². The molecule has 0 unspecified atom stereocenters. The van der Waals surface area contributed by atoms with Gasteiger partial charge in [-0.3, -0.25) is 9.69 Å². The van der Waals surface area contributed by atoms with Gasteiger partial charge in [0.1, 0.15) is 19.3 Å². The molecule has 3 heterocycles. The van der Waals surface area contributed by atoms with Crippen LogP contribution in [0.3, 0.4) is 0 Å². The molecule has 6 nitrogen and oxygen atoms in total. The van der Waals surface area contributed by atoms with Gasteiger partial charge < -0.3 is 14.5 Å². The molecular weight excluding hydrogens is 268 g/mol. The number of rotatable bonds is 2. The maximum Gasteiger partial charge on any atom is 0.274 e. The van der Waals surface area contributed by atoms with Crippen molar-refractivity contribution < 1.29 is 19.4 Å². The van der Waals surface area contributed by atoms with Gasteiger partial charge in [0.25, 0.3) is 11.7 Å². The van der Waals surface area contributed by atoms with Crippen molar-refractivity contribution in [1.29, 1.82) is 0 Å². The van der Waals surface area contributed by atoms with Gasteiger partial charge in [0.05, 0.1) is 52.0 Å². The van der Waals surface area contributed by atoms with E-state index in [2.05, 4.69) is 16.9 Å². The molecule has 2 aliphatic rings. The van der Waals surface area contributed by atoms with Crippen LogP contribution in [0.15, 0.2) is 18.3 Å². The summed E-state index contributed by atoms with van der Waals surface area (Å²) in [6.07, 6.45) is 1.83. The van der Waals surface area contributed by atoms with E-state index in [-0.39, 0.29) is 5.91 Å². The number of hydrogen-bond acceptors (Lipinski definition) is 3. The number of pyridine rings is 1. The molecule has 114 valence electrons. The molecular formula is C15H24N4O2+2. The second-order valence-electron chi connectivity index (χ2n) is 5.81. The monoisotopic (exact) mass is 292 g/mol. The van der Waals surface area contributed by atoms with Crippen LogP contribution in [0, 0.1) is 0 Å². The first kappa shape index (κ1) is 14.3. The number of nitrogens with zero attached hydrogens (tertiary/aromatic N) is 2. The zero-order valence-corrected chi connectivity index (χ0v) is 12.6. The second-order valence-corrected chi connectivity index (χ2v) is 5.81. The molecule has 1 aromatic rings. The Balaban J connectivity index is 1.64. The van der Waals surface area contributed by atoms with E-state index >= 15 is 0 Å². The summed E-state index contributed by atoms with van der Waals surface area (Å²) in [6, 6.07) is 3.93. The van der Waals surface area contributed by atoms with Crippen molar-refractivity contribution in [3.8, 4) is 0 Å². The standard InChI is InChI=1S/C15H22N4O2/c1-17-4-6-19(7-5-17)15(20)13-2-3-14(16-12-13)18-8-10-21-11-9-18/h2-3,12H,4-11H2,1H3/p+2. The molecule has 0 radical (unpaired) electrons. The van der Waals surface area contributed by atoms with Crippen LogP contribution in [0.1, 0.15) is 10.4 Å². The minimum atomic E-state index is 0.132. The SMILES string of the molecule is C[NH+]1CCN(C(=O)c2ccc(N3CCOCC3)[nH+]c2)CC1. The zero-order valence-electron chi connectivity index (χ0n) is 12.6. The fraction of sp³-hybridized carbons (Fsp3) is 0.600. The summed E-state index contributed by atoms with van der Waals surface area (Å²) in [7, 11) is 2.17. The number of nitrogens with one attached hydrogen (secondary N) is 2. The molecule has 0 saturated carbocycles. The van der Waals surface area contributed by atoms with Crippen molar-refractivity contribution in [1.82, 2.24) is 4.90 Å². The van der Waals surface area contributed by atoms with Crippen LogP contribution in [0.25, 0.3) is 0 Å². The van der Waals surface area contributed by atoms with E-state index < -0.39 is 0 Å². The van der Waals surface area contributed by atoms with Gasteiger partial charge in [-0.25, -0.2) is 4.98 Å². The van der Waals surface area contributed by atoms with Crippen LogP contribution in [0.5, 0.6) is 0 Å². The summed E-state index contributed by atoms with van der Waals surface area (Å²) in [5, 5.41) is 0. The first-order valence-corrected chi connectivity index (χ1v) is 7.69. The Bertz CT molecular complexity index is 477. The van der Waals surface area contributed by atoms with Crippen LogP contribution in [0.2, 0.25) is 0 Å². The number of anilines is 1. The summed E-state index contributed by atoms with van der Waals surface area (Å²) in [5.41, 5.74) is 0.742. The number of amides is 1. The van der Waals surface area contributed by atoms with Crippen LogP contribution in [-0.2, 0) is 4.74 Å². The van der Waals surface area contributed by atoms with E-state index in [1.54, 1.807) is 0 Å². The largest absolute Gasteiger partial charge is 0.373 e. The number of H-pyrrole nitrogens is 1. The van der Waals surface area contributed by atoms with Gasteiger partial charge in [-0.15, -0.1) is 0 Å². The average molecular weight is 292 g/mol. The van der Waals surface area contributed by atoms with Crippen molar-refractivity contribution in [2.24, 2.45) is 0 Å². The lowest BCUT2D eigenvalue weighted by molar-refractivity contribution is -0.883. The highest BCUT2D eigenvalue weighted by molar-refractivity contribution is 5.93. The van der Waals surface area contributed by atoms with E-state index in [1.165, 1.54) is 4.90 Å². The van der Waals surface area contributed by atoms with Gasteiger partial charge in [-0.05, 0) is 6.07 Å². The van der Waals surface area contributed by atoms with Gasteiger partial charge in [-0.2, -0.15) is 0 Å². The Morgan fingerprint density at radius 3 is 2.52 bits per heavy atom. The molecule has 1 amide bonds. The quantitative estimate of drug-likeness (QED) is 0.707. The van der Waals surface area contributed by atoms with E-state index in [0.29, 0.717) is 0 Å². The smallest absolute Gasteiger partial charge is 0.274 e. The number of ether oxygens (including phenoxy) is 1. The number of piperazine rings is 1. The molecule has 3 rings (SSSR count). The topological polar surface area (TPSA) is 51.4 Å². The Kier molecular flexibility index (Phi) is 4.36. The van der Waals surface area contributed by atoms with Crippen molar-refractivity contribution in [3.05, 3.63) is 23.9 Å². The van der Waals surface area contributed by atoms with Gasteiger partial charge >= 0.3 is 0 Å². The fourth-order valence-corrected chi connectivity index (χ4v) is 2.82. The highest BCUT2D eigenvalue weighted by Gasteiger charge is 2.24. The molecule has 2 fully saturated rings. The third-order valence-electron chi connectivity index (χ3n) is 4.30.